The van der Waals surface area contributed by atoms with Crippen LogP contribution in [0, 0.1) is 23.2 Å². The van der Waals surface area contributed by atoms with Gasteiger partial charge in [0, 0.05) is 0 Å². The fourth-order valence-corrected chi connectivity index (χ4v) is 3.21. The third-order valence-corrected chi connectivity index (χ3v) is 4.05. The first-order chi connectivity index (χ1) is 4.73. The van der Waals surface area contributed by atoms with Gasteiger partial charge in [0.15, 0.2) is 0 Å². The van der Waals surface area contributed by atoms with Crippen molar-refractivity contribution >= 4 is 0 Å². The van der Waals surface area contributed by atoms with Crippen LogP contribution in [-0.2, 0) is 0 Å². The highest BCUT2D eigenvalue weighted by Gasteiger charge is 2.72. The van der Waals surface area contributed by atoms with Gasteiger partial charge >= 0.3 is 0 Å². The van der Waals surface area contributed by atoms with Crippen molar-refractivity contribution in [1.82, 2.24) is 0 Å². The standard InChI is InChI=1S/C10H18/c1-4-5-9-8(3)10(9)6-7(10)2/h7-9H,4-6H2,1-3H3. The van der Waals surface area contributed by atoms with Crippen LogP contribution in [0.25, 0.3) is 0 Å². The van der Waals surface area contributed by atoms with E-state index in [0.717, 1.165) is 23.2 Å². The predicted octanol–water partition coefficient (Wildman–Crippen LogP) is 3.08. The van der Waals surface area contributed by atoms with Gasteiger partial charge in [-0.1, -0.05) is 27.2 Å². The molecule has 2 aliphatic carbocycles. The third-order valence-electron chi connectivity index (χ3n) is 4.05. The quantitative estimate of drug-likeness (QED) is 0.550. The minimum Gasteiger partial charge on any atom is -0.0654 e. The fourth-order valence-electron chi connectivity index (χ4n) is 3.21. The molecule has 0 heterocycles. The summed E-state index contributed by atoms with van der Waals surface area (Å²) in [5.74, 6) is 3.26. The Morgan fingerprint density at radius 3 is 2.30 bits per heavy atom. The Balaban J connectivity index is 1.93. The Kier molecular flexibility index (Phi) is 1.19. The summed E-state index contributed by atoms with van der Waals surface area (Å²) in [6.07, 6.45) is 4.42. The van der Waals surface area contributed by atoms with Crippen LogP contribution in [0.1, 0.15) is 40.0 Å². The van der Waals surface area contributed by atoms with Crippen LogP contribution in [0.5, 0.6) is 0 Å². The lowest BCUT2D eigenvalue weighted by Crippen LogP contribution is -1.81. The van der Waals surface area contributed by atoms with Crippen LogP contribution in [0.3, 0.4) is 0 Å². The predicted molar refractivity (Wildman–Crippen MR) is 43.8 cm³/mol. The molecule has 10 heavy (non-hydrogen) atoms. The molecule has 0 radical (unpaired) electrons. The van der Waals surface area contributed by atoms with Gasteiger partial charge in [0.25, 0.3) is 0 Å². The maximum Gasteiger partial charge on any atom is -0.0209 e. The molecule has 0 amide bonds. The van der Waals surface area contributed by atoms with E-state index >= 15 is 0 Å². The first-order valence-electron chi connectivity index (χ1n) is 4.73. The van der Waals surface area contributed by atoms with Crippen LogP contribution in [-0.4, -0.2) is 0 Å². The van der Waals surface area contributed by atoms with E-state index in [1.807, 2.05) is 0 Å². The van der Waals surface area contributed by atoms with E-state index in [4.69, 9.17) is 0 Å². The summed E-state index contributed by atoms with van der Waals surface area (Å²) in [6.45, 7) is 7.18. The maximum absolute atomic E-state index is 2.45. The molecule has 0 aliphatic heterocycles. The third kappa shape index (κ3) is 0.580. The molecule has 2 fully saturated rings. The zero-order valence-electron chi connectivity index (χ0n) is 7.35. The molecule has 58 valence electrons. The number of hydrogen-bond acceptors (Lipinski definition) is 0. The van der Waals surface area contributed by atoms with Crippen molar-refractivity contribution < 1.29 is 0 Å². The Labute approximate surface area is 64.0 Å². The van der Waals surface area contributed by atoms with Gasteiger partial charge in [-0.3, -0.25) is 0 Å². The number of hydrogen-bond donors (Lipinski definition) is 0. The average molecular weight is 138 g/mol. The van der Waals surface area contributed by atoms with Gasteiger partial charge < -0.3 is 0 Å². The van der Waals surface area contributed by atoms with Crippen LogP contribution in [0.2, 0.25) is 0 Å². The molecule has 0 aromatic heterocycles. The van der Waals surface area contributed by atoms with Crippen LogP contribution in [0.15, 0.2) is 0 Å². The van der Waals surface area contributed by atoms with Crippen molar-refractivity contribution in [3.63, 3.8) is 0 Å². The SMILES string of the molecule is CCCC1C(C)C12CC2C. The number of rotatable bonds is 2. The summed E-state index contributed by atoms with van der Waals surface area (Å²) in [7, 11) is 0. The van der Waals surface area contributed by atoms with Crippen LogP contribution < -0.4 is 0 Å². The van der Waals surface area contributed by atoms with Gasteiger partial charge in [0.05, 0.1) is 0 Å². The van der Waals surface area contributed by atoms with Crippen LogP contribution >= 0.6 is 0 Å². The molecule has 0 aromatic carbocycles. The van der Waals surface area contributed by atoms with E-state index in [1.165, 1.54) is 12.8 Å². The molecule has 2 rings (SSSR count). The largest absolute Gasteiger partial charge is 0.0654 e. The Bertz CT molecular complexity index is 150. The molecule has 0 aromatic rings. The molecule has 1 spiro atoms. The lowest BCUT2D eigenvalue weighted by Gasteiger charge is -1.90. The highest BCUT2D eigenvalue weighted by atomic mass is 14.8. The molecule has 4 unspecified atom stereocenters. The second kappa shape index (κ2) is 1.78. The molecule has 4 atom stereocenters. The lowest BCUT2D eigenvalue weighted by atomic mass is 10.2. The van der Waals surface area contributed by atoms with Gasteiger partial charge in [0.2, 0.25) is 0 Å². The fraction of sp³-hybridized carbons (Fsp3) is 1.00. The summed E-state index contributed by atoms with van der Waals surface area (Å²) in [5, 5.41) is 0. The minimum absolute atomic E-state index is 0.885. The van der Waals surface area contributed by atoms with E-state index in [0.29, 0.717) is 0 Å². The first kappa shape index (κ1) is 6.69. The first-order valence-corrected chi connectivity index (χ1v) is 4.73. The van der Waals surface area contributed by atoms with Gasteiger partial charge in [-0.2, -0.15) is 0 Å². The zero-order valence-corrected chi connectivity index (χ0v) is 7.35. The van der Waals surface area contributed by atoms with Crippen molar-refractivity contribution in [2.45, 2.75) is 40.0 Å². The van der Waals surface area contributed by atoms with Crippen molar-refractivity contribution in [2.24, 2.45) is 23.2 Å². The van der Waals surface area contributed by atoms with Crippen molar-refractivity contribution in [1.29, 1.82) is 0 Å². The Morgan fingerprint density at radius 1 is 1.40 bits per heavy atom. The van der Waals surface area contributed by atoms with Gasteiger partial charge in [0.1, 0.15) is 0 Å². The lowest BCUT2D eigenvalue weighted by molar-refractivity contribution is 0.601. The monoisotopic (exact) mass is 138 g/mol. The summed E-state index contributed by atoms with van der Waals surface area (Å²) in [6, 6.07) is 0. The van der Waals surface area contributed by atoms with Crippen molar-refractivity contribution in [3.8, 4) is 0 Å². The minimum atomic E-state index is 0.885. The molecule has 0 bridgehead atoms. The highest BCUT2D eigenvalue weighted by molar-refractivity contribution is 5.20. The summed E-state index contributed by atoms with van der Waals surface area (Å²) >= 11 is 0. The Morgan fingerprint density at radius 2 is 2.00 bits per heavy atom. The zero-order chi connectivity index (χ0) is 7.35. The van der Waals surface area contributed by atoms with Crippen molar-refractivity contribution in [3.05, 3.63) is 0 Å². The van der Waals surface area contributed by atoms with Gasteiger partial charge in [-0.25, -0.2) is 0 Å². The van der Waals surface area contributed by atoms with E-state index in [2.05, 4.69) is 20.8 Å². The molecule has 0 heteroatoms. The summed E-state index contributed by atoms with van der Waals surface area (Å²) < 4.78 is 0. The van der Waals surface area contributed by atoms with Gasteiger partial charge in [-0.05, 0) is 36.0 Å². The molecule has 0 nitrogen and oxygen atoms in total. The maximum atomic E-state index is 2.45. The smallest absolute Gasteiger partial charge is 0.0209 e. The van der Waals surface area contributed by atoms with Crippen molar-refractivity contribution in [2.75, 3.05) is 0 Å². The summed E-state index contributed by atoms with van der Waals surface area (Å²) in [5.41, 5.74) is 0.885. The second-order valence-electron chi connectivity index (χ2n) is 4.40. The van der Waals surface area contributed by atoms with Gasteiger partial charge in [-0.15, -0.1) is 0 Å². The average Bonchev–Trinajstić information content (AvgIpc) is 2.67. The molecular weight excluding hydrogens is 120 g/mol. The van der Waals surface area contributed by atoms with E-state index in [9.17, 15) is 0 Å². The topological polar surface area (TPSA) is 0 Å². The molecule has 2 aliphatic rings. The molecule has 0 saturated heterocycles. The van der Waals surface area contributed by atoms with Crippen LogP contribution in [0.4, 0.5) is 0 Å². The Hall–Kier alpha value is 0. The molecule has 2 saturated carbocycles. The normalized spacial score (nSPS) is 57.3. The second-order valence-corrected chi connectivity index (χ2v) is 4.40. The highest BCUT2D eigenvalue weighted by Crippen LogP contribution is 2.79. The van der Waals surface area contributed by atoms with E-state index < -0.39 is 0 Å². The molecule has 0 N–H and O–H groups in total. The van der Waals surface area contributed by atoms with E-state index in [-0.39, 0.29) is 0 Å². The van der Waals surface area contributed by atoms with E-state index in [1.54, 1.807) is 6.42 Å². The molecular formula is C10H18. The summed E-state index contributed by atoms with van der Waals surface area (Å²) in [4.78, 5) is 0.